The number of nitrogens with zero attached hydrogens (tertiary/aromatic N) is 2. The second kappa shape index (κ2) is 5.83. The Morgan fingerprint density at radius 3 is 2.57 bits per heavy atom. The van der Waals surface area contributed by atoms with Crippen molar-refractivity contribution in [3.05, 3.63) is 0 Å². The summed E-state index contributed by atoms with van der Waals surface area (Å²) in [6.45, 7) is 4.43. The molecule has 3 aliphatic rings. The van der Waals surface area contributed by atoms with E-state index in [1.54, 1.807) is 0 Å². The molecule has 6 nitrogen and oxygen atoms in total. The number of urea groups is 1. The number of nitrogens with one attached hydrogen (secondary N) is 1. The number of carbonyl (C=O) groups is 2. The molecule has 3 rings (SSSR count). The fraction of sp³-hybridized carbons (Fsp3) is 0.867. The lowest BCUT2D eigenvalue weighted by atomic mass is 9.91. The van der Waals surface area contributed by atoms with Crippen LogP contribution in [0, 0.1) is 5.92 Å². The maximum atomic E-state index is 12.4. The van der Waals surface area contributed by atoms with Crippen LogP contribution in [0.25, 0.3) is 0 Å². The van der Waals surface area contributed by atoms with Crippen LogP contribution < -0.4 is 5.32 Å². The zero-order valence-electron chi connectivity index (χ0n) is 12.6. The summed E-state index contributed by atoms with van der Waals surface area (Å²) in [4.78, 5) is 27.8. The summed E-state index contributed by atoms with van der Waals surface area (Å²) < 4.78 is 0. The Kier molecular flexibility index (Phi) is 4.06. The van der Waals surface area contributed by atoms with Gasteiger partial charge in [0.2, 0.25) is 0 Å². The van der Waals surface area contributed by atoms with Crippen molar-refractivity contribution in [1.29, 1.82) is 0 Å². The van der Waals surface area contributed by atoms with Gasteiger partial charge in [0.15, 0.2) is 0 Å². The fourth-order valence-electron chi connectivity index (χ4n) is 3.73. The summed E-state index contributed by atoms with van der Waals surface area (Å²) in [6.07, 6.45) is 5.30. The van der Waals surface area contributed by atoms with Crippen LogP contribution in [-0.2, 0) is 4.79 Å². The van der Waals surface area contributed by atoms with Crippen molar-refractivity contribution in [2.45, 2.75) is 57.2 Å². The van der Waals surface area contributed by atoms with Crippen LogP contribution in [0.2, 0.25) is 0 Å². The quantitative estimate of drug-likeness (QED) is 0.818. The topological polar surface area (TPSA) is 72.9 Å². The molecule has 118 valence electrons. The molecule has 2 heterocycles. The summed E-state index contributed by atoms with van der Waals surface area (Å²) in [7, 11) is 0. The lowest BCUT2D eigenvalue weighted by Crippen LogP contribution is -2.56. The van der Waals surface area contributed by atoms with Crippen LogP contribution >= 0.6 is 0 Å². The van der Waals surface area contributed by atoms with Crippen molar-refractivity contribution >= 4 is 12.0 Å². The second-order valence-corrected chi connectivity index (χ2v) is 6.76. The molecule has 1 saturated carbocycles. The fourth-order valence-corrected chi connectivity index (χ4v) is 3.73. The average Bonchev–Trinajstić information content (AvgIpc) is 3.19. The molecule has 2 saturated heterocycles. The van der Waals surface area contributed by atoms with Crippen LogP contribution in [0.5, 0.6) is 0 Å². The molecule has 21 heavy (non-hydrogen) atoms. The van der Waals surface area contributed by atoms with Gasteiger partial charge in [-0.05, 0) is 38.0 Å². The largest absolute Gasteiger partial charge is 0.480 e. The van der Waals surface area contributed by atoms with E-state index in [-0.39, 0.29) is 18.0 Å². The number of carboxylic acid groups (broad SMARTS) is 1. The maximum Gasteiger partial charge on any atom is 0.326 e. The molecule has 0 aromatic carbocycles. The molecule has 0 aromatic rings. The molecular weight excluding hydrogens is 270 g/mol. The predicted molar refractivity (Wildman–Crippen MR) is 78.1 cm³/mol. The molecule has 0 bridgehead atoms. The molecule has 3 fully saturated rings. The van der Waals surface area contributed by atoms with E-state index in [1.807, 2.05) is 6.92 Å². The highest BCUT2D eigenvalue weighted by molar-refractivity contribution is 5.83. The third-order valence-corrected chi connectivity index (χ3v) is 5.06. The molecule has 3 atom stereocenters. The number of carboxylic acids is 1. The van der Waals surface area contributed by atoms with Crippen LogP contribution in [0.1, 0.15) is 39.0 Å². The molecule has 2 N–H and O–H groups in total. The van der Waals surface area contributed by atoms with Crippen molar-refractivity contribution in [3.63, 3.8) is 0 Å². The zero-order valence-corrected chi connectivity index (χ0v) is 12.6. The van der Waals surface area contributed by atoms with Gasteiger partial charge in [-0.2, -0.15) is 0 Å². The van der Waals surface area contributed by atoms with E-state index in [0.717, 1.165) is 38.4 Å². The zero-order chi connectivity index (χ0) is 15.0. The SMILES string of the molecule is CC1CCCN(C(=O)NC2CCN(C3CC3)C2)C1C(=O)O. The lowest BCUT2D eigenvalue weighted by molar-refractivity contribution is -0.145. The Hall–Kier alpha value is -1.30. The van der Waals surface area contributed by atoms with Crippen molar-refractivity contribution in [3.8, 4) is 0 Å². The predicted octanol–water partition coefficient (Wildman–Crippen LogP) is 1.12. The molecule has 0 spiro atoms. The smallest absolute Gasteiger partial charge is 0.326 e. The van der Waals surface area contributed by atoms with Crippen molar-refractivity contribution in [1.82, 2.24) is 15.1 Å². The van der Waals surface area contributed by atoms with Gasteiger partial charge < -0.3 is 15.3 Å². The molecule has 0 radical (unpaired) electrons. The van der Waals surface area contributed by atoms with E-state index >= 15 is 0 Å². The Morgan fingerprint density at radius 2 is 1.90 bits per heavy atom. The van der Waals surface area contributed by atoms with Gasteiger partial charge in [0.25, 0.3) is 0 Å². The maximum absolute atomic E-state index is 12.4. The lowest BCUT2D eigenvalue weighted by Gasteiger charge is -2.37. The highest BCUT2D eigenvalue weighted by Gasteiger charge is 2.39. The molecule has 3 unspecified atom stereocenters. The summed E-state index contributed by atoms with van der Waals surface area (Å²) >= 11 is 0. The normalized spacial score (nSPS) is 34.0. The van der Waals surface area contributed by atoms with E-state index in [9.17, 15) is 14.7 Å². The van der Waals surface area contributed by atoms with Gasteiger partial charge in [0.05, 0.1) is 0 Å². The van der Waals surface area contributed by atoms with Gasteiger partial charge in [-0.15, -0.1) is 0 Å². The Bertz CT molecular complexity index is 424. The van der Waals surface area contributed by atoms with Gasteiger partial charge in [0, 0.05) is 31.7 Å². The number of hydrogen-bond donors (Lipinski definition) is 2. The molecule has 2 aliphatic heterocycles. The number of aliphatic carboxylic acids is 1. The van der Waals surface area contributed by atoms with Crippen molar-refractivity contribution in [2.75, 3.05) is 19.6 Å². The minimum atomic E-state index is -0.886. The summed E-state index contributed by atoms with van der Waals surface area (Å²) in [6, 6.07) is 0.0229. The third-order valence-electron chi connectivity index (χ3n) is 5.06. The summed E-state index contributed by atoms with van der Waals surface area (Å²) in [5.41, 5.74) is 0. The van der Waals surface area contributed by atoms with Gasteiger partial charge in [0.1, 0.15) is 6.04 Å². The molecule has 6 heteroatoms. The van der Waals surface area contributed by atoms with Gasteiger partial charge in [-0.3, -0.25) is 4.90 Å². The van der Waals surface area contributed by atoms with Crippen LogP contribution in [0.4, 0.5) is 4.79 Å². The molecule has 1 aliphatic carbocycles. The number of amides is 2. The van der Waals surface area contributed by atoms with E-state index in [4.69, 9.17) is 0 Å². The minimum Gasteiger partial charge on any atom is -0.480 e. The first-order valence-electron chi connectivity index (χ1n) is 8.10. The molecule has 2 amide bonds. The van der Waals surface area contributed by atoms with E-state index < -0.39 is 12.0 Å². The second-order valence-electron chi connectivity index (χ2n) is 6.76. The number of carbonyl (C=O) groups excluding carboxylic acids is 1. The third kappa shape index (κ3) is 3.15. The number of rotatable bonds is 3. The van der Waals surface area contributed by atoms with Gasteiger partial charge >= 0.3 is 12.0 Å². The highest BCUT2D eigenvalue weighted by atomic mass is 16.4. The first-order chi connectivity index (χ1) is 10.1. The molecule has 0 aromatic heterocycles. The van der Waals surface area contributed by atoms with Crippen LogP contribution in [0.3, 0.4) is 0 Å². The monoisotopic (exact) mass is 295 g/mol. The van der Waals surface area contributed by atoms with Crippen LogP contribution in [0.15, 0.2) is 0 Å². The highest BCUT2D eigenvalue weighted by Crippen LogP contribution is 2.30. The first-order valence-corrected chi connectivity index (χ1v) is 8.10. The minimum absolute atomic E-state index is 0.0218. The number of hydrogen-bond acceptors (Lipinski definition) is 3. The van der Waals surface area contributed by atoms with E-state index in [1.165, 1.54) is 17.7 Å². The summed E-state index contributed by atoms with van der Waals surface area (Å²) in [5, 5.41) is 12.4. The molecular formula is C15H25N3O3. The standard InChI is InChI=1S/C15H25N3O3/c1-10-3-2-7-18(13(10)14(19)20)15(21)16-11-6-8-17(9-11)12-4-5-12/h10-13H,2-9H2,1H3,(H,16,21)(H,19,20). The Morgan fingerprint density at radius 1 is 1.14 bits per heavy atom. The van der Waals surface area contributed by atoms with E-state index in [2.05, 4.69) is 10.2 Å². The average molecular weight is 295 g/mol. The number of piperidine rings is 1. The van der Waals surface area contributed by atoms with Crippen molar-refractivity contribution in [2.24, 2.45) is 5.92 Å². The van der Waals surface area contributed by atoms with Crippen LogP contribution in [-0.4, -0.2) is 64.7 Å². The summed E-state index contributed by atoms with van der Waals surface area (Å²) in [5.74, 6) is -0.864. The van der Waals surface area contributed by atoms with E-state index in [0.29, 0.717) is 6.54 Å². The first kappa shape index (κ1) is 14.6. The Balaban J connectivity index is 1.57. The Labute approximate surface area is 125 Å². The van der Waals surface area contributed by atoms with Gasteiger partial charge in [-0.25, -0.2) is 9.59 Å². The van der Waals surface area contributed by atoms with Crippen molar-refractivity contribution < 1.29 is 14.7 Å². The van der Waals surface area contributed by atoms with Gasteiger partial charge in [-0.1, -0.05) is 6.92 Å². The number of likely N-dealkylation sites (tertiary alicyclic amines) is 2.